The van der Waals surface area contributed by atoms with Gasteiger partial charge in [-0.05, 0) is 39.0 Å². The van der Waals surface area contributed by atoms with Crippen molar-refractivity contribution in [3.63, 3.8) is 0 Å². The van der Waals surface area contributed by atoms with Gasteiger partial charge in [-0.25, -0.2) is 4.98 Å². The van der Waals surface area contributed by atoms with E-state index in [0.717, 1.165) is 40.4 Å². The molecule has 0 radical (unpaired) electrons. The molecule has 1 aliphatic heterocycles. The highest BCUT2D eigenvalue weighted by Gasteiger charge is 2.27. The summed E-state index contributed by atoms with van der Waals surface area (Å²) < 4.78 is 4.99. The monoisotopic (exact) mass is 429 g/mol. The second-order valence-corrected chi connectivity index (χ2v) is 8.93. The molecule has 1 aromatic carbocycles. The van der Waals surface area contributed by atoms with Crippen LogP contribution in [0.5, 0.6) is 0 Å². The van der Waals surface area contributed by atoms with E-state index in [4.69, 9.17) is 4.74 Å². The zero-order chi connectivity index (χ0) is 21.5. The van der Waals surface area contributed by atoms with Crippen LogP contribution >= 0.6 is 11.3 Å². The molecule has 3 rings (SSSR count). The van der Waals surface area contributed by atoms with Crippen LogP contribution in [0.3, 0.4) is 0 Å². The Kier molecular flexibility index (Phi) is 7.99. The van der Waals surface area contributed by atoms with Crippen LogP contribution in [0.1, 0.15) is 46.6 Å². The summed E-state index contributed by atoms with van der Waals surface area (Å²) in [5.41, 5.74) is 3.04. The van der Waals surface area contributed by atoms with E-state index in [1.165, 1.54) is 16.9 Å². The molecule has 1 aromatic heterocycles. The summed E-state index contributed by atoms with van der Waals surface area (Å²) in [7, 11) is 1.66. The van der Waals surface area contributed by atoms with Gasteiger partial charge < -0.3 is 15.0 Å². The molecule has 0 atom stereocenters. The van der Waals surface area contributed by atoms with Crippen molar-refractivity contribution in [1.82, 2.24) is 15.2 Å². The van der Waals surface area contributed by atoms with Crippen LogP contribution in [0, 0.1) is 19.8 Å². The van der Waals surface area contributed by atoms with Gasteiger partial charge in [-0.1, -0.05) is 29.8 Å². The minimum absolute atomic E-state index is 0.0610. The lowest BCUT2D eigenvalue weighted by Crippen LogP contribution is -2.39. The molecule has 1 saturated heterocycles. The summed E-state index contributed by atoms with van der Waals surface area (Å²) in [5.74, 6) is 0.491. The standard InChI is InChI=1S/C23H31N3O3S/c1-16-5-7-19(8-6-16)22-25-17(2)21(30-22)23(28)26-12-9-18(10-13-26)15-20(27)24-11-4-14-29-3/h5-8,18H,4,9-15H2,1-3H3,(H,24,27). The number of hydrogen-bond donors (Lipinski definition) is 1. The highest BCUT2D eigenvalue weighted by molar-refractivity contribution is 7.17. The Labute approximate surface area is 182 Å². The predicted octanol–water partition coefficient (Wildman–Crippen LogP) is 3.82. The topological polar surface area (TPSA) is 71.5 Å². The van der Waals surface area contributed by atoms with Crippen molar-refractivity contribution in [2.24, 2.45) is 5.92 Å². The largest absolute Gasteiger partial charge is 0.385 e. The van der Waals surface area contributed by atoms with Crippen LogP contribution in [0.2, 0.25) is 0 Å². The van der Waals surface area contributed by atoms with Crippen LogP contribution in [-0.2, 0) is 9.53 Å². The Morgan fingerprint density at radius 2 is 1.90 bits per heavy atom. The number of aromatic nitrogens is 1. The van der Waals surface area contributed by atoms with E-state index in [2.05, 4.69) is 29.4 Å². The van der Waals surface area contributed by atoms with E-state index in [-0.39, 0.29) is 11.8 Å². The zero-order valence-corrected chi connectivity index (χ0v) is 18.9. The Bertz CT molecular complexity index is 855. The summed E-state index contributed by atoms with van der Waals surface area (Å²) in [5, 5.41) is 3.83. The van der Waals surface area contributed by atoms with Crippen LogP contribution in [0.25, 0.3) is 10.6 Å². The molecule has 0 spiro atoms. The average Bonchev–Trinajstić information content (AvgIpc) is 3.13. The molecule has 0 bridgehead atoms. The summed E-state index contributed by atoms with van der Waals surface area (Å²) in [6.45, 7) is 6.65. The van der Waals surface area contributed by atoms with Gasteiger partial charge in [0.25, 0.3) is 5.91 Å². The number of amides is 2. The molecule has 1 N–H and O–H groups in total. The number of hydrogen-bond acceptors (Lipinski definition) is 5. The maximum absolute atomic E-state index is 13.1. The number of carbonyl (C=O) groups is 2. The second-order valence-electron chi connectivity index (χ2n) is 7.94. The molecule has 1 fully saturated rings. The van der Waals surface area contributed by atoms with Crippen molar-refractivity contribution in [1.29, 1.82) is 0 Å². The second kappa shape index (κ2) is 10.7. The summed E-state index contributed by atoms with van der Waals surface area (Å²) in [6.07, 6.45) is 3.08. The van der Waals surface area contributed by atoms with Gasteiger partial charge in [0.05, 0.1) is 5.69 Å². The molecule has 30 heavy (non-hydrogen) atoms. The Morgan fingerprint density at radius 1 is 1.20 bits per heavy atom. The van der Waals surface area contributed by atoms with E-state index in [1.54, 1.807) is 7.11 Å². The Hall–Kier alpha value is -2.25. The van der Waals surface area contributed by atoms with Gasteiger partial charge in [0.2, 0.25) is 5.91 Å². The molecule has 1 aliphatic rings. The number of rotatable bonds is 8. The van der Waals surface area contributed by atoms with Gasteiger partial charge in [0, 0.05) is 45.3 Å². The van der Waals surface area contributed by atoms with Gasteiger partial charge in [0.15, 0.2) is 0 Å². The number of carbonyl (C=O) groups excluding carboxylic acids is 2. The van der Waals surface area contributed by atoms with Gasteiger partial charge in [0.1, 0.15) is 9.88 Å². The number of nitrogens with zero attached hydrogens (tertiary/aromatic N) is 2. The first kappa shape index (κ1) is 22.4. The summed E-state index contributed by atoms with van der Waals surface area (Å²) in [4.78, 5) is 32.4. The number of aryl methyl sites for hydroxylation is 2. The van der Waals surface area contributed by atoms with Gasteiger partial charge in [-0.3, -0.25) is 9.59 Å². The molecular formula is C23H31N3O3S. The Balaban J connectivity index is 1.52. The van der Waals surface area contributed by atoms with Gasteiger partial charge >= 0.3 is 0 Å². The van der Waals surface area contributed by atoms with E-state index >= 15 is 0 Å². The molecule has 2 heterocycles. The van der Waals surface area contributed by atoms with Crippen molar-refractivity contribution >= 4 is 23.2 Å². The molecule has 2 amide bonds. The van der Waals surface area contributed by atoms with Crippen molar-refractivity contribution in [2.75, 3.05) is 33.4 Å². The third-order valence-electron chi connectivity index (χ3n) is 5.51. The molecular weight excluding hydrogens is 398 g/mol. The quantitative estimate of drug-likeness (QED) is 0.648. The minimum atomic E-state index is 0.0610. The number of ether oxygens (including phenoxy) is 1. The van der Waals surface area contributed by atoms with Crippen LogP contribution in [0.4, 0.5) is 0 Å². The third-order valence-corrected chi connectivity index (χ3v) is 6.71. The zero-order valence-electron chi connectivity index (χ0n) is 18.1. The number of piperidine rings is 1. The fourth-order valence-corrected chi connectivity index (χ4v) is 4.72. The Morgan fingerprint density at radius 3 is 2.57 bits per heavy atom. The maximum atomic E-state index is 13.1. The number of nitrogens with one attached hydrogen (secondary N) is 1. The van der Waals surface area contributed by atoms with Crippen molar-refractivity contribution in [3.8, 4) is 10.6 Å². The lowest BCUT2D eigenvalue weighted by molar-refractivity contribution is -0.122. The lowest BCUT2D eigenvalue weighted by Gasteiger charge is -2.31. The molecule has 0 saturated carbocycles. The van der Waals surface area contributed by atoms with Gasteiger partial charge in [-0.15, -0.1) is 11.3 Å². The number of likely N-dealkylation sites (tertiary alicyclic amines) is 1. The lowest BCUT2D eigenvalue weighted by atomic mass is 9.93. The molecule has 2 aromatic rings. The normalized spacial score (nSPS) is 14.7. The molecule has 0 unspecified atom stereocenters. The van der Waals surface area contributed by atoms with Crippen molar-refractivity contribution < 1.29 is 14.3 Å². The SMILES string of the molecule is COCCCNC(=O)CC1CCN(C(=O)c2sc(-c3ccc(C)cc3)nc2C)CC1. The third kappa shape index (κ3) is 5.89. The molecule has 7 heteroatoms. The van der Waals surface area contributed by atoms with E-state index < -0.39 is 0 Å². The summed E-state index contributed by atoms with van der Waals surface area (Å²) in [6, 6.07) is 8.22. The fourth-order valence-electron chi connectivity index (χ4n) is 3.68. The molecule has 0 aliphatic carbocycles. The maximum Gasteiger partial charge on any atom is 0.265 e. The highest BCUT2D eigenvalue weighted by Crippen LogP contribution is 2.30. The van der Waals surface area contributed by atoms with Crippen LogP contribution < -0.4 is 5.32 Å². The predicted molar refractivity (Wildman–Crippen MR) is 120 cm³/mol. The average molecular weight is 430 g/mol. The number of benzene rings is 1. The van der Waals surface area contributed by atoms with Crippen LogP contribution in [0.15, 0.2) is 24.3 Å². The van der Waals surface area contributed by atoms with Crippen molar-refractivity contribution in [3.05, 3.63) is 40.4 Å². The van der Waals surface area contributed by atoms with Crippen LogP contribution in [-0.4, -0.2) is 55.0 Å². The fraction of sp³-hybridized carbons (Fsp3) is 0.522. The number of methoxy groups -OCH3 is 1. The molecule has 6 nitrogen and oxygen atoms in total. The van der Waals surface area contributed by atoms with E-state index in [9.17, 15) is 9.59 Å². The highest BCUT2D eigenvalue weighted by atomic mass is 32.1. The van der Waals surface area contributed by atoms with E-state index in [0.29, 0.717) is 38.6 Å². The number of thiazole rings is 1. The first-order chi connectivity index (χ1) is 14.5. The summed E-state index contributed by atoms with van der Waals surface area (Å²) >= 11 is 1.47. The van der Waals surface area contributed by atoms with Gasteiger partial charge in [-0.2, -0.15) is 0 Å². The van der Waals surface area contributed by atoms with E-state index in [1.807, 2.05) is 24.0 Å². The first-order valence-electron chi connectivity index (χ1n) is 10.6. The first-order valence-corrected chi connectivity index (χ1v) is 11.4. The van der Waals surface area contributed by atoms with Crippen molar-refractivity contribution in [2.45, 2.75) is 39.5 Å². The smallest absolute Gasteiger partial charge is 0.265 e. The molecule has 162 valence electrons. The minimum Gasteiger partial charge on any atom is -0.385 e.